The van der Waals surface area contributed by atoms with Crippen molar-refractivity contribution in [2.75, 3.05) is 0 Å². The summed E-state index contributed by atoms with van der Waals surface area (Å²) in [5, 5.41) is 5.69. The van der Waals surface area contributed by atoms with E-state index in [2.05, 4.69) is 39.7 Å². The average molecular weight is 247 g/mol. The Morgan fingerprint density at radius 1 is 1.41 bits per heavy atom. The third-order valence-electron chi connectivity index (χ3n) is 2.64. The molecule has 1 unspecified atom stereocenters. The standard InChI is InChI=1S/C13H17N3S/c1-2-4-12(13-5-3-8-17-13)15-9-11-6-7-14-10-16-11/h3,5-8,10,12,15H,2,4,9H2,1H3. The van der Waals surface area contributed by atoms with E-state index in [4.69, 9.17) is 0 Å². The van der Waals surface area contributed by atoms with Gasteiger partial charge in [-0.25, -0.2) is 9.97 Å². The number of nitrogens with zero attached hydrogens (tertiary/aromatic N) is 2. The van der Waals surface area contributed by atoms with Gasteiger partial charge in [-0.15, -0.1) is 11.3 Å². The van der Waals surface area contributed by atoms with Crippen LogP contribution in [0.5, 0.6) is 0 Å². The zero-order valence-corrected chi connectivity index (χ0v) is 10.8. The van der Waals surface area contributed by atoms with Crippen molar-refractivity contribution in [3.63, 3.8) is 0 Å². The van der Waals surface area contributed by atoms with Crippen LogP contribution in [0.2, 0.25) is 0 Å². The molecule has 2 aromatic rings. The Balaban J connectivity index is 1.95. The van der Waals surface area contributed by atoms with Gasteiger partial charge in [0.2, 0.25) is 0 Å². The fraction of sp³-hybridized carbons (Fsp3) is 0.385. The van der Waals surface area contributed by atoms with Crippen molar-refractivity contribution in [3.8, 4) is 0 Å². The predicted molar refractivity (Wildman–Crippen MR) is 70.8 cm³/mol. The van der Waals surface area contributed by atoms with Gasteiger partial charge >= 0.3 is 0 Å². The van der Waals surface area contributed by atoms with Crippen LogP contribution in [-0.2, 0) is 6.54 Å². The molecule has 1 N–H and O–H groups in total. The van der Waals surface area contributed by atoms with Crippen molar-refractivity contribution >= 4 is 11.3 Å². The van der Waals surface area contributed by atoms with E-state index in [-0.39, 0.29) is 0 Å². The first-order valence-electron chi connectivity index (χ1n) is 5.92. The Labute approximate surface area is 106 Å². The Morgan fingerprint density at radius 3 is 3.00 bits per heavy atom. The van der Waals surface area contributed by atoms with Gasteiger partial charge < -0.3 is 5.32 Å². The van der Waals surface area contributed by atoms with Crippen LogP contribution in [0.4, 0.5) is 0 Å². The minimum atomic E-state index is 0.440. The Morgan fingerprint density at radius 2 is 2.35 bits per heavy atom. The summed E-state index contributed by atoms with van der Waals surface area (Å²) in [6, 6.07) is 6.69. The molecule has 0 fully saturated rings. The quantitative estimate of drug-likeness (QED) is 0.852. The zero-order chi connectivity index (χ0) is 11.9. The maximum Gasteiger partial charge on any atom is 0.115 e. The maximum absolute atomic E-state index is 4.22. The molecule has 0 aliphatic carbocycles. The molecule has 0 saturated heterocycles. The molecule has 4 heteroatoms. The first-order chi connectivity index (χ1) is 8.40. The monoisotopic (exact) mass is 247 g/mol. The largest absolute Gasteiger partial charge is 0.304 e. The summed E-state index contributed by atoms with van der Waals surface area (Å²) >= 11 is 1.81. The molecule has 0 saturated carbocycles. The Kier molecular flexibility index (Phi) is 4.64. The highest BCUT2D eigenvalue weighted by Crippen LogP contribution is 2.23. The molecule has 0 aliphatic rings. The van der Waals surface area contributed by atoms with E-state index in [1.807, 2.05) is 17.4 Å². The molecule has 0 aromatic carbocycles. The number of hydrogen-bond donors (Lipinski definition) is 1. The summed E-state index contributed by atoms with van der Waals surface area (Å²) in [6.45, 7) is 3.01. The van der Waals surface area contributed by atoms with Crippen molar-refractivity contribution in [2.45, 2.75) is 32.4 Å². The number of rotatable bonds is 6. The number of thiophene rings is 1. The van der Waals surface area contributed by atoms with E-state index in [1.165, 1.54) is 11.3 Å². The van der Waals surface area contributed by atoms with Crippen LogP contribution in [-0.4, -0.2) is 9.97 Å². The van der Waals surface area contributed by atoms with Crippen LogP contribution < -0.4 is 5.32 Å². The molecule has 0 spiro atoms. The second-order valence-corrected chi connectivity index (χ2v) is 4.92. The van der Waals surface area contributed by atoms with E-state index in [0.717, 1.165) is 18.7 Å². The lowest BCUT2D eigenvalue weighted by molar-refractivity contribution is 0.496. The predicted octanol–water partition coefficient (Wildman–Crippen LogP) is 3.17. The van der Waals surface area contributed by atoms with Crippen molar-refractivity contribution in [1.82, 2.24) is 15.3 Å². The molecule has 17 heavy (non-hydrogen) atoms. The number of aromatic nitrogens is 2. The normalized spacial score (nSPS) is 12.5. The van der Waals surface area contributed by atoms with Crippen LogP contribution in [0.1, 0.15) is 36.4 Å². The molecule has 0 radical (unpaired) electrons. The van der Waals surface area contributed by atoms with E-state index < -0.39 is 0 Å². The SMILES string of the molecule is CCCC(NCc1ccncn1)c1cccs1. The van der Waals surface area contributed by atoms with E-state index in [9.17, 15) is 0 Å². The van der Waals surface area contributed by atoms with Crippen LogP contribution >= 0.6 is 11.3 Å². The van der Waals surface area contributed by atoms with Gasteiger partial charge in [-0.3, -0.25) is 0 Å². The third kappa shape index (κ3) is 3.61. The minimum Gasteiger partial charge on any atom is -0.304 e. The molecule has 0 aliphatic heterocycles. The number of hydrogen-bond acceptors (Lipinski definition) is 4. The van der Waals surface area contributed by atoms with Crippen LogP contribution in [0, 0.1) is 0 Å². The molecular formula is C13H17N3S. The van der Waals surface area contributed by atoms with Gasteiger partial charge in [0.25, 0.3) is 0 Å². The highest BCUT2D eigenvalue weighted by molar-refractivity contribution is 7.10. The van der Waals surface area contributed by atoms with Crippen LogP contribution in [0.25, 0.3) is 0 Å². The molecular weight excluding hydrogens is 230 g/mol. The second kappa shape index (κ2) is 6.47. The van der Waals surface area contributed by atoms with Gasteiger partial charge in [-0.2, -0.15) is 0 Å². The Bertz CT molecular complexity index is 413. The fourth-order valence-electron chi connectivity index (χ4n) is 1.77. The van der Waals surface area contributed by atoms with E-state index in [0.29, 0.717) is 6.04 Å². The summed E-state index contributed by atoms with van der Waals surface area (Å²) in [5.74, 6) is 0. The van der Waals surface area contributed by atoms with Gasteiger partial charge in [0.15, 0.2) is 0 Å². The summed E-state index contributed by atoms with van der Waals surface area (Å²) in [4.78, 5) is 9.55. The number of nitrogens with one attached hydrogen (secondary N) is 1. The molecule has 3 nitrogen and oxygen atoms in total. The molecule has 0 amide bonds. The average Bonchev–Trinajstić information content (AvgIpc) is 2.89. The summed E-state index contributed by atoms with van der Waals surface area (Å²) in [5.41, 5.74) is 1.04. The van der Waals surface area contributed by atoms with Gasteiger partial charge in [0.1, 0.15) is 6.33 Å². The van der Waals surface area contributed by atoms with E-state index >= 15 is 0 Å². The van der Waals surface area contributed by atoms with Gasteiger partial charge in [-0.1, -0.05) is 19.4 Å². The topological polar surface area (TPSA) is 37.8 Å². The van der Waals surface area contributed by atoms with Crippen molar-refractivity contribution in [1.29, 1.82) is 0 Å². The lowest BCUT2D eigenvalue weighted by Crippen LogP contribution is -2.20. The van der Waals surface area contributed by atoms with E-state index in [1.54, 1.807) is 12.5 Å². The third-order valence-corrected chi connectivity index (χ3v) is 3.62. The zero-order valence-electron chi connectivity index (χ0n) is 9.97. The van der Waals surface area contributed by atoms with Gasteiger partial charge in [0.05, 0.1) is 5.69 Å². The molecule has 0 bridgehead atoms. The molecule has 2 rings (SSSR count). The fourth-order valence-corrected chi connectivity index (χ4v) is 2.61. The van der Waals surface area contributed by atoms with Crippen molar-refractivity contribution in [3.05, 3.63) is 46.7 Å². The highest BCUT2D eigenvalue weighted by Gasteiger charge is 2.10. The van der Waals surface area contributed by atoms with Gasteiger partial charge in [0, 0.05) is 23.7 Å². The summed E-state index contributed by atoms with van der Waals surface area (Å²) in [6.07, 6.45) is 5.71. The first kappa shape index (κ1) is 12.2. The summed E-state index contributed by atoms with van der Waals surface area (Å²) in [7, 11) is 0. The molecule has 1 atom stereocenters. The highest BCUT2D eigenvalue weighted by atomic mass is 32.1. The maximum atomic E-state index is 4.22. The lowest BCUT2D eigenvalue weighted by Gasteiger charge is -2.16. The minimum absolute atomic E-state index is 0.440. The first-order valence-corrected chi connectivity index (χ1v) is 6.79. The second-order valence-electron chi connectivity index (χ2n) is 3.94. The Hall–Kier alpha value is -1.26. The van der Waals surface area contributed by atoms with Crippen molar-refractivity contribution < 1.29 is 0 Å². The van der Waals surface area contributed by atoms with Gasteiger partial charge in [-0.05, 0) is 23.9 Å². The lowest BCUT2D eigenvalue weighted by atomic mass is 10.1. The smallest absolute Gasteiger partial charge is 0.115 e. The molecule has 2 aromatic heterocycles. The van der Waals surface area contributed by atoms with Crippen molar-refractivity contribution in [2.24, 2.45) is 0 Å². The summed E-state index contributed by atoms with van der Waals surface area (Å²) < 4.78 is 0. The molecule has 2 heterocycles. The van der Waals surface area contributed by atoms with Crippen LogP contribution in [0.15, 0.2) is 36.1 Å². The van der Waals surface area contributed by atoms with Crippen LogP contribution in [0.3, 0.4) is 0 Å². The molecule has 90 valence electrons.